The molecule has 0 fully saturated rings. The Kier molecular flexibility index (Phi) is 3.98. The van der Waals surface area contributed by atoms with E-state index in [1.165, 1.54) is 0 Å². The molecular weight excluding hydrogens is 188 g/mol. The molecule has 0 bridgehead atoms. The van der Waals surface area contributed by atoms with Crippen LogP contribution in [0.4, 0.5) is 0 Å². The van der Waals surface area contributed by atoms with E-state index < -0.39 is 11.1 Å². The largest absolute Gasteiger partial charge is 0.772 e. The Labute approximate surface area is 79.7 Å². The van der Waals surface area contributed by atoms with Gasteiger partial charge in [0, 0.05) is 30.3 Å². The molecule has 5 heteroatoms. The Morgan fingerprint density at radius 3 is 2.85 bits per heavy atom. The average molecular weight is 199 g/mol. The van der Waals surface area contributed by atoms with Crippen molar-refractivity contribution in [2.45, 2.75) is 25.0 Å². The summed E-state index contributed by atoms with van der Waals surface area (Å²) in [5.41, 5.74) is 0.721. The number of nitrogens with zero attached hydrogens (tertiary/aromatic N) is 2. The summed E-state index contributed by atoms with van der Waals surface area (Å²) in [6.45, 7) is 1.84. The minimum atomic E-state index is -2.02. The van der Waals surface area contributed by atoms with E-state index in [9.17, 15) is 8.76 Å². The van der Waals surface area contributed by atoms with Crippen LogP contribution in [0.2, 0.25) is 0 Å². The quantitative estimate of drug-likeness (QED) is 0.669. The van der Waals surface area contributed by atoms with Crippen LogP contribution in [0.15, 0.2) is 18.6 Å². The van der Waals surface area contributed by atoms with Crippen molar-refractivity contribution < 1.29 is 8.76 Å². The molecule has 1 aromatic rings. The van der Waals surface area contributed by atoms with E-state index in [0.29, 0.717) is 12.8 Å². The van der Waals surface area contributed by atoms with E-state index in [0.717, 1.165) is 5.69 Å². The highest BCUT2D eigenvalue weighted by Crippen LogP contribution is 2.06. The van der Waals surface area contributed by atoms with Gasteiger partial charge in [-0.3, -0.25) is 14.2 Å². The molecule has 4 nitrogen and oxygen atoms in total. The monoisotopic (exact) mass is 199 g/mol. The smallest absolute Gasteiger partial charge is 0.0598 e. The molecule has 72 valence electrons. The van der Waals surface area contributed by atoms with Gasteiger partial charge in [0.15, 0.2) is 0 Å². The zero-order valence-corrected chi connectivity index (χ0v) is 8.16. The lowest BCUT2D eigenvalue weighted by Gasteiger charge is -2.16. The maximum Gasteiger partial charge on any atom is 0.0598 e. The standard InChI is InChI=1S/C8H12N2O2S/c1-2-8(13(11)12)5-7-6-9-3-4-10-7/h3-4,6,8H,2,5H2,1H3,(H,11,12)/p-1. The van der Waals surface area contributed by atoms with Crippen LogP contribution in [0.1, 0.15) is 19.0 Å². The van der Waals surface area contributed by atoms with E-state index in [2.05, 4.69) is 9.97 Å². The van der Waals surface area contributed by atoms with Gasteiger partial charge in [-0.25, -0.2) is 0 Å². The minimum absolute atomic E-state index is 0.350. The van der Waals surface area contributed by atoms with E-state index in [4.69, 9.17) is 0 Å². The van der Waals surface area contributed by atoms with Crippen LogP contribution in [0.3, 0.4) is 0 Å². The van der Waals surface area contributed by atoms with Gasteiger partial charge in [-0.1, -0.05) is 18.0 Å². The second kappa shape index (κ2) is 5.04. The second-order valence-corrected chi connectivity index (χ2v) is 3.88. The number of hydrogen-bond donors (Lipinski definition) is 0. The second-order valence-electron chi connectivity index (χ2n) is 2.69. The highest BCUT2D eigenvalue weighted by atomic mass is 32.2. The first-order chi connectivity index (χ1) is 6.24. The lowest BCUT2D eigenvalue weighted by molar-refractivity contribution is 0.516. The fraction of sp³-hybridized carbons (Fsp3) is 0.500. The van der Waals surface area contributed by atoms with Gasteiger partial charge in [-0.15, -0.1) is 0 Å². The molecule has 2 atom stereocenters. The number of rotatable bonds is 4. The third-order valence-electron chi connectivity index (χ3n) is 1.78. The molecule has 1 heterocycles. The SMILES string of the molecule is CCC(Cc1cnccn1)S(=O)[O-]. The van der Waals surface area contributed by atoms with Crippen molar-refractivity contribution in [3.05, 3.63) is 24.3 Å². The fourth-order valence-corrected chi connectivity index (χ4v) is 1.60. The Morgan fingerprint density at radius 1 is 1.62 bits per heavy atom. The molecular formula is C8H11N2O2S-. The normalized spacial score (nSPS) is 15.2. The van der Waals surface area contributed by atoms with Crippen molar-refractivity contribution in [2.24, 2.45) is 0 Å². The lowest BCUT2D eigenvalue weighted by atomic mass is 10.2. The highest BCUT2D eigenvalue weighted by molar-refractivity contribution is 7.79. The van der Waals surface area contributed by atoms with Gasteiger partial charge in [-0.2, -0.15) is 0 Å². The summed E-state index contributed by atoms with van der Waals surface area (Å²) < 4.78 is 21.4. The van der Waals surface area contributed by atoms with Crippen LogP contribution in [0.25, 0.3) is 0 Å². The summed E-state index contributed by atoms with van der Waals surface area (Å²) >= 11 is -2.02. The molecule has 2 unspecified atom stereocenters. The van der Waals surface area contributed by atoms with Crippen molar-refractivity contribution in [1.29, 1.82) is 0 Å². The Balaban J connectivity index is 2.62. The third kappa shape index (κ3) is 3.20. The van der Waals surface area contributed by atoms with E-state index in [1.54, 1.807) is 18.6 Å². The molecule has 0 saturated carbocycles. The summed E-state index contributed by atoms with van der Waals surface area (Å²) in [4.78, 5) is 7.88. The van der Waals surface area contributed by atoms with Crippen LogP contribution in [0, 0.1) is 0 Å². The molecule has 0 aliphatic carbocycles. The summed E-state index contributed by atoms with van der Waals surface area (Å²) in [6, 6.07) is 0. The van der Waals surface area contributed by atoms with Crippen molar-refractivity contribution >= 4 is 11.1 Å². The average Bonchev–Trinajstić information content (AvgIpc) is 2.15. The van der Waals surface area contributed by atoms with Crippen LogP contribution in [0.5, 0.6) is 0 Å². The first-order valence-corrected chi connectivity index (χ1v) is 5.20. The van der Waals surface area contributed by atoms with Crippen molar-refractivity contribution in [2.75, 3.05) is 0 Å². The highest BCUT2D eigenvalue weighted by Gasteiger charge is 2.08. The molecule has 0 aliphatic rings. The summed E-state index contributed by atoms with van der Waals surface area (Å²) in [5, 5.41) is -0.350. The molecule has 0 saturated heterocycles. The van der Waals surface area contributed by atoms with Gasteiger partial charge in [0.05, 0.1) is 5.69 Å². The Bertz CT molecular complexity index is 279. The van der Waals surface area contributed by atoms with Crippen molar-refractivity contribution in [1.82, 2.24) is 9.97 Å². The van der Waals surface area contributed by atoms with E-state index in [1.807, 2.05) is 6.92 Å². The Hall–Kier alpha value is -0.810. The first-order valence-electron chi connectivity index (χ1n) is 4.07. The molecule has 0 aliphatic heterocycles. The molecule has 1 aromatic heterocycles. The summed E-state index contributed by atoms with van der Waals surface area (Å²) in [7, 11) is 0. The zero-order valence-electron chi connectivity index (χ0n) is 7.34. The van der Waals surface area contributed by atoms with Crippen molar-refractivity contribution in [3.63, 3.8) is 0 Å². The molecule has 0 N–H and O–H groups in total. The molecule has 13 heavy (non-hydrogen) atoms. The maximum atomic E-state index is 10.7. The van der Waals surface area contributed by atoms with Gasteiger partial charge < -0.3 is 4.55 Å². The van der Waals surface area contributed by atoms with E-state index >= 15 is 0 Å². The molecule has 0 amide bonds. The van der Waals surface area contributed by atoms with Gasteiger partial charge in [-0.05, 0) is 6.42 Å². The van der Waals surface area contributed by atoms with Gasteiger partial charge in [0.25, 0.3) is 0 Å². The zero-order chi connectivity index (χ0) is 9.68. The predicted octanol–water partition coefficient (Wildman–Crippen LogP) is 0.677. The van der Waals surface area contributed by atoms with Gasteiger partial charge in [0.1, 0.15) is 0 Å². The lowest BCUT2D eigenvalue weighted by Crippen LogP contribution is -2.17. The fourth-order valence-electron chi connectivity index (χ4n) is 1.02. The third-order valence-corrected chi connectivity index (χ3v) is 2.83. The first kappa shape index (κ1) is 10.3. The minimum Gasteiger partial charge on any atom is -0.772 e. The Morgan fingerprint density at radius 2 is 2.38 bits per heavy atom. The van der Waals surface area contributed by atoms with Crippen molar-refractivity contribution in [3.8, 4) is 0 Å². The van der Waals surface area contributed by atoms with E-state index in [-0.39, 0.29) is 5.25 Å². The van der Waals surface area contributed by atoms with Gasteiger partial charge in [0.2, 0.25) is 0 Å². The molecule has 0 aromatic carbocycles. The summed E-state index contributed by atoms with van der Waals surface area (Å²) in [6.07, 6.45) is 5.77. The van der Waals surface area contributed by atoms with Crippen LogP contribution in [-0.2, 0) is 17.5 Å². The summed E-state index contributed by atoms with van der Waals surface area (Å²) in [5.74, 6) is 0. The number of aromatic nitrogens is 2. The predicted molar refractivity (Wildman–Crippen MR) is 48.7 cm³/mol. The van der Waals surface area contributed by atoms with Gasteiger partial charge >= 0.3 is 0 Å². The molecule has 1 rings (SSSR count). The van der Waals surface area contributed by atoms with Crippen LogP contribution in [-0.4, -0.2) is 24.0 Å². The topological polar surface area (TPSA) is 65.9 Å². The van der Waals surface area contributed by atoms with Crippen LogP contribution >= 0.6 is 0 Å². The van der Waals surface area contributed by atoms with Crippen LogP contribution < -0.4 is 0 Å². The number of hydrogen-bond acceptors (Lipinski definition) is 4. The molecule has 0 radical (unpaired) electrons. The maximum absolute atomic E-state index is 10.7. The molecule has 0 spiro atoms.